The Balaban J connectivity index is 2.12. The molecular weight excluding hydrogens is 198 g/mol. The molecule has 1 aliphatic heterocycles. The highest BCUT2D eigenvalue weighted by molar-refractivity contribution is 5.94. The van der Waals surface area contributed by atoms with E-state index < -0.39 is 6.04 Å². The smallest absolute Gasteiger partial charge is 0.243 e. The zero-order chi connectivity index (χ0) is 10.8. The molecule has 2 amide bonds. The number of rotatable bonds is 2. The van der Waals surface area contributed by atoms with Gasteiger partial charge in [-0.2, -0.15) is 0 Å². The first kappa shape index (κ1) is 9.70. The van der Waals surface area contributed by atoms with E-state index in [0.717, 1.165) is 0 Å². The molecule has 1 aromatic heterocycles. The van der Waals surface area contributed by atoms with Gasteiger partial charge in [0.25, 0.3) is 0 Å². The van der Waals surface area contributed by atoms with E-state index in [1.54, 1.807) is 13.0 Å². The van der Waals surface area contributed by atoms with Gasteiger partial charge in [0.05, 0.1) is 19.3 Å². The Morgan fingerprint density at radius 1 is 1.67 bits per heavy atom. The van der Waals surface area contributed by atoms with E-state index >= 15 is 0 Å². The third-order valence-electron chi connectivity index (χ3n) is 2.40. The minimum absolute atomic E-state index is 0.0529. The van der Waals surface area contributed by atoms with Crippen molar-refractivity contribution in [1.29, 1.82) is 0 Å². The van der Waals surface area contributed by atoms with Gasteiger partial charge in [0, 0.05) is 6.07 Å². The first-order chi connectivity index (χ1) is 7.18. The van der Waals surface area contributed by atoms with Crippen molar-refractivity contribution in [2.24, 2.45) is 0 Å². The molecule has 1 saturated heterocycles. The second-order valence-electron chi connectivity index (χ2n) is 3.39. The van der Waals surface area contributed by atoms with Crippen LogP contribution >= 0.6 is 0 Å². The lowest BCUT2D eigenvalue weighted by molar-refractivity contribution is -0.145. The molecule has 1 fully saturated rings. The van der Waals surface area contributed by atoms with Gasteiger partial charge in [0.15, 0.2) is 5.76 Å². The fourth-order valence-corrected chi connectivity index (χ4v) is 1.49. The first-order valence-electron chi connectivity index (χ1n) is 4.65. The van der Waals surface area contributed by atoms with Gasteiger partial charge in [0.2, 0.25) is 11.8 Å². The normalized spacial score (nSPS) is 21.7. The van der Waals surface area contributed by atoms with Gasteiger partial charge in [0.1, 0.15) is 6.04 Å². The van der Waals surface area contributed by atoms with Crippen LogP contribution in [0.15, 0.2) is 16.8 Å². The van der Waals surface area contributed by atoms with Gasteiger partial charge in [-0.25, -0.2) is 0 Å². The van der Waals surface area contributed by atoms with Gasteiger partial charge in [-0.15, -0.1) is 0 Å². The van der Waals surface area contributed by atoms with Crippen molar-refractivity contribution in [3.05, 3.63) is 18.0 Å². The average molecular weight is 209 g/mol. The molecule has 2 heterocycles. The monoisotopic (exact) mass is 209 g/mol. The lowest BCUT2D eigenvalue weighted by Gasteiger charge is -2.31. The minimum atomic E-state index is -0.462. The molecule has 0 saturated carbocycles. The maximum Gasteiger partial charge on any atom is 0.243 e. The van der Waals surface area contributed by atoms with Crippen LogP contribution < -0.4 is 5.32 Å². The zero-order valence-corrected chi connectivity index (χ0v) is 8.27. The van der Waals surface area contributed by atoms with Crippen LogP contribution in [0, 0.1) is 0 Å². The van der Waals surface area contributed by atoms with E-state index in [9.17, 15) is 9.59 Å². The Labute approximate surface area is 86.2 Å². The summed E-state index contributed by atoms with van der Waals surface area (Å²) in [7, 11) is 0. The molecule has 0 spiro atoms. The number of aromatic nitrogens is 1. The second-order valence-corrected chi connectivity index (χ2v) is 3.39. The number of carbonyl (C=O) groups excluding carboxylic acids is 2. The lowest BCUT2D eigenvalue weighted by atomic mass is 10.2. The number of hydrogen-bond acceptors (Lipinski definition) is 4. The standard InChI is InChI=1S/C9H11N3O3/c1-6-9(14)10-4-8(13)12(6)5-7-2-3-11-15-7/h2-3,6H,4-5H2,1H3,(H,10,14). The molecule has 0 bridgehead atoms. The maximum absolute atomic E-state index is 11.5. The summed E-state index contributed by atoms with van der Waals surface area (Å²) in [6.07, 6.45) is 1.51. The molecule has 80 valence electrons. The molecule has 1 N–H and O–H groups in total. The Morgan fingerprint density at radius 3 is 3.13 bits per heavy atom. The van der Waals surface area contributed by atoms with Crippen LogP contribution in [0.3, 0.4) is 0 Å². The predicted molar refractivity (Wildman–Crippen MR) is 49.5 cm³/mol. The second kappa shape index (κ2) is 3.72. The summed E-state index contributed by atoms with van der Waals surface area (Å²) >= 11 is 0. The third kappa shape index (κ3) is 1.83. The Bertz CT molecular complexity index is 374. The summed E-state index contributed by atoms with van der Waals surface area (Å²) in [5.41, 5.74) is 0. The zero-order valence-electron chi connectivity index (χ0n) is 8.27. The summed E-state index contributed by atoms with van der Waals surface area (Å²) in [6, 6.07) is 1.21. The van der Waals surface area contributed by atoms with Crippen molar-refractivity contribution in [1.82, 2.24) is 15.4 Å². The van der Waals surface area contributed by atoms with Crippen molar-refractivity contribution in [2.45, 2.75) is 19.5 Å². The quantitative estimate of drug-likeness (QED) is 0.714. The molecule has 2 rings (SSSR count). The Morgan fingerprint density at radius 2 is 2.47 bits per heavy atom. The molecule has 1 unspecified atom stereocenters. The van der Waals surface area contributed by atoms with Crippen LogP contribution in [0.5, 0.6) is 0 Å². The number of nitrogens with one attached hydrogen (secondary N) is 1. The number of piperazine rings is 1. The van der Waals surface area contributed by atoms with Gasteiger partial charge in [-0.3, -0.25) is 9.59 Å². The molecular formula is C9H11N3O3. The summed E-state index contributed by atoms with van der Waals surface area (Å²) in [4.78, 5) is 24.3. The molecule has 6 nitrogen and oxygen atoms in total. The number of amides is 2. The average Bonchev–Trinajstić information content (AvgIpc) is 2.71. The molecule has 0 aromatic carbocycles. The summed E-state index contributed by atoms with van der Waals surface area (Å²) in [6.45, 7) is 2.02. The third-order valence-corrected chi connectivity index (χ3v) is 2.40. The van der Waals surface area contributed by atoms with E-state index in [1.165, 1.54) is 11.1 Å². The SMILES string of the molecule is CC1C(=O)NCC(=O)N1Cc1ccno1. The fourth-order valence-electron chi connectivity index (χ4n) is 1.49. The van der Waals surface area contributed by atoms with Crippen LogP contribution in [0.1, 0.15) is 12.7 Å². The number of hydrogen-bond donors (Lipinski definition) is 1. The van der Waals surface area contributed by atoms with Gasteiger partial charge >= 0.3 is 0 Å². The Hall–Kier alpha value is -1.85. The Kier molecular flexibility index (Phi) is 2.40. The van der Waals surface area contributed by atoms with Crippen LogP contribution in [-0.4, -0.2) is 34.5 Å². The fraction of sp³-hybridized carbons (Fsp3) is 0.444. The van der Waals surface area contributed by atoms with E-state index in [0.29, 0.717) is 5.76 Å². The van der Waals surface area contributed by atoms with Gasteiger partial charge < -0.3 is 14.7 Å². The van der Waals surface area contributed by atoms with Gasteiger partial charge in [-0.05, 0) is 6.92 Å². The van der Waals surface area contributed by atoms with E-state index in [1.807, 2.05) is 0 Å². The van der Waals surface area contributed by atoms with Crippen molar-refractivity contribution in [3.8, 4) is 0 Å². The molecule has 1 atom stereocenters. The highest BCUT2D eigenvalue weighted by Gasteiger charge is 2.31. The first-order valence-corrected chi connectivity index (χ1v) is 4.65. The van der Waals surface area contributed by atoms with Crippen molar-refractivity contribution in [3.63, 3.8) is 0 Å². The maximum atomic E-state index is 11.5. The van der Waals surface area contributed by atoms with Crippen molar-refractivity contribution >= 4 is 11.8 Å². The molecule has 1 aliphatic rings. The van der Waals surface area contributed by atoms with Crippen molar-refractivity contribution < 1.29 is 14.1 Å². The largest absolute Gasteiger partial charge is 0.360 e. The highest BCUT2D eigenvalue weighted by Crippen LogP contribution is 2.10. The number of carbonyl (C=O) groups is 2. The van der Waals surface area contributed by atoms with Crippen molar-refractivity contribution in [2.75, 3.05) is 6.54 Å². The highest BCUT2D eigenvalue weighted by atomic mass is 16.5. The minimum Gasteiger partial charge on any atom is -0.360 e. The van der Waals surface area contributed by atoms with Crippen LogP contribution in [0.25, 0.3) is 0 Å². The topological polar surface area (TPSA) is 75.4 Å². The molecule has 0 aliphatic carbocycles. The van der Waals surface area contributed by atoms with Crippen LogP contribution in [0.2, 0.25) is 0 Å². The molecule has 6 heteroatoms. The van der Waals surface area contributed by atoms with E-state index in [2.05, 4.69) is 10.5 Å². The summed E-state index contributed by atoms with van der Waals surface area (Å²) in [5.74, 6) is 0.317. The predicted octanol–water partition coefficient (Wildman–Crippen LogP) is -0.479. The van der Waals surface area contributed by atoms with Crippen LogP contribution in [-0.2, 0) is 16.1 Å². The van der Waals surface area contributed by atoms with Crippen LogP contribution in [0.4, 0.5) is 0 Å². The summed E-state index contributed by atoms with van der Waals surface area (Å²) < 4.78 is 4.89. The molecule has 0 radical (unpaired) electrons. The number of nitrogens with zero attached hydrogens (tertiary/aromatic N) is 2. The molecule has 1 aromatic rings. The lowest BCUT2D eigenvalue weighted by Crippen LogP contribution is -2.56. The van der Waals surface area contributed by atoms with E-state index in [4.69, 9.17) is 4.52 Å². The van der Waals surface area contributed by atoms with Gasteiger partial charge in [-0.1, -0.05) is 5.16 Å². The van der Waals surface area contributed by atoms with E-state index in [-0.39, 0.29) is 24.9 Å². The summed E-state index contributed by atoms with van der Waals surface area (Å²) in [5, 5.41) is 6.06. The molecule has 15 heavy (non-hydrogen) atoms.